The Hall–Kier alpha value is -2.73. The van der Waals surface area contributed by atoms with Gasteiger partial charge in [0.1, 0.15) is 0 Å². The first kappa shape index (κ1) is 31.2. The lowest BCUT2D eigenvalue weighted by Crippen LogP contribution is -2.49. The second-order valence-electron chi connectivity index (χ2n) is 11.3. The number of nitrogens with one attached hydrogen (secondary N) is 1. The van der Waals surface area contributed by atoms with Crippen LogP contribution in [0.1, 0.15) is 86.3 Å². The molecule has 1 aromatic heterocycles. The number of carboxylic acid groups (broad SMARTS) is 1. The maximum absolute atomic E-state index is 14.0. The van der Waals surface area contributed by atoms with E-state index in [1.54, 1.807) is 0 Å². The fraction of sp³-hybridized carbons (Fsp3) is 0.607. The molecule has 41 heavy (non-hydrogen) atoms. The number of rotatable bonds is 9. The van der Waals surface area contributed by atoms with E-state index in [2.05, 4.69) is 10.4 Å². The summed E-state index contributed by atoms with van der Waals surface area (Å²) in [5.41, 5.74) is -0.808. The third-order valence-corrected chi connectivity index (χ3v) is 8.48. The molecule has 1 aliphatic carbocycles. The van der Waals surface area contributed by atoms with Crippen LogP contribution in [0.5, 0.6) is 0 Å². The number of carboxylic acids is 1. The first-order chi connectivity index (χ1) is 18.9. The second-order valence-corrected chi connectivity index (χ2v) is 11.3. The van der Waals surface area contributed by atoms with Gasteiger partial charge in [0.25, 0.3) is 11.8 Å². The summed E-state index contributed by atoms with van der Waals surface area (Å²) < 4.78 is 71.0. The molecule has 0 radical (unpaired) electrons. The Morgan fingerprint density at radius 3 is 2.29 bits per heavy atom. The number of carbonyl (C=O) groups is 2. The Morgan fingerprint density at radius 1 is 1.05 bits per heavy atom. The van der Waals surface area contributed by atoms with E-state index in [1.807, 2.05) is 4.90 Å². The van der Waals surface area contributed by atoms with Crippen LogP contribution in [0.15, 0.2) is 30.3 Å². The molecule has 226 valence electrons. The van der Waals surface area contributed by atoms with Gasteiger partial charge in [0, 0.05) is 43.1 Å². The molecular formula is C28H34ClF5N4O3. The summed E-state index contributed by atoms with van der Waals surface area (Å²) >= 11 is 0. The third kappa shape index (κ3) is 7.02. The van der Waals surface area contributed by atoms with E-state index >= 15 is 0 Å². The molecule has 2 saturated heterocycles. The smallest absolute Gasteiger partial charge is 0.417 e. The van der Waals surface area contributed by atoms with Crippen LogP contribution >= 0.6 is 12.4 Å². The minimum Gasteiger partial charge on any atom is -0.481 e. The Kier molecular flexibility index (Phi) is 9.32. The molecule has 1 amide bonds. The van der Waals surface area contributed by atoms with Crippen molar-refractivity contribution in [3.05, 3.63) is 41.6 Å². The maximum atomic E-state index is 14.0. The SMILES string of the molecule is Cl.O=C(O)C[C@H](CCN1C2CCC1CC(F)(F)C2)NC(=O)c1cc(-c2ccccc2C(F)(F)F)n(C2CCCC2)n1. The zero-order valence-corrected chi connectivity index (χ0v) is 23.2. The molecule has 2 aromatic rings. The van der Waals surface area contributed by atoms with E-state index in [0.717, 1.165) is 31.7 Å². The standard InChI is InChI=1S/C28H33F5N4O3.ClH/c29-27(30)15-19-9-10-20(16-27)36(19)12-11-17(13-25(38)39)34-26(40)23-14-24(37(35-23)18-5-1-2-6-18)21-7-3-4-8-22(21)28(31,32)33;/h3-4,7-8,14,17-20H,1-2,5-6,9-13,15-16H2,(H,34,40)(H,38,39);1H/t17-,19?,20?;/m0./s1. The molecule has 1 aromatic carbocycles. The van der Waals surface area contributed by atoms with Crippen molar-refractivity contribution in [2.75, 3.05) is 6.54 Å². The van der Waals surface area contributed by atoms with Gasteiger partial charge in [-0.05, 0) is 44.2 Å². The summed E-state index contributed by atoms with van der Waals surface area (Å²) in [5.74, 6) is -4.51. The number of aliphatic carboxylic acids is 1. The van der Waals surface area contributed by atoms with E-state index in [0.29, 0.717) is 19.4 Å². The van der Waals surface area contributed by atoms with E-state index in [4.69, 9.17) is 0 Å². The van der Waals surface area contributed by atoms with Gasteiger partial charge < -0.3 is 10.4 Å². The molecule has 5 rings (SSSR count). The third-order valence-electron chi connectivity index (χ3n) is 8.48. The number of piperidine rings is 1. The molecule has 2 aliphatic heterocycles. The largest absolute Gasteiger partial charge is 0.481 e. The highest BCUT2D eigenvalue weighted by atomic mass is 35.5. The molecule has 3 fully saturated rings. The lowest BCUT2D eigenvalue weighted by atomic mass is 9.98. The summed E-state index contributed by atoms with van der Waals surface area (Å²) in [4.78, 5) is 26.9. The minimum absolute atomic E-state index is 0. The Morgan fingerprint density at radius 2 is 1.68 bits per heavy atom. The molecule has 13 heteroatoms. The van der Waals surface area contributed by atoms with Crippen molar-refractivity contribution in [3.63, 3.8) is 0 Å². The van der Waals surface area contributed by atoms with Crippen molar-refractivity contribution in [1.82, 2.24) is 20.0 Å². The van der Waals surface area contributed by atoms with Crippen LogP contribution in [0.2, 0.25) is 0 Å². The highest BCUT2D eigenvalue weighted by Crippen LogP contribution is 2.44. The van der Waals surface area contributed by atoms with E-state index < -0.39 is 35.6 Å². The van der Waals surface area contributed by atoms with Crippen LogP contribution < -0.4 is 5.32 Å². The number of aromatic nitrogens is 2. The predicted octanol–water partition coefficient (Wildman–Crippen LogP) is 6.33. The summed E-state index contributed by atoms with van der Waals surface area (Å²) in [5, 5.41) is 16.6. The van der Waals surface area contributed by atoms with Gasteiger partial charge in [-0.2, -0.15) is 18.3 Å². The van der Waals surface area contributed by atoms with Crippen LogP contribution in [-0.2, 0) is 11.0 Å². The van der Waals surface area contributed by atoms with Crippen molar-refractivity contribution in [2.24, 2.45) is 0 Å². The van der Waals surface area contributed by atoms with Crippen LogP contribution in [0.25, 0.3) is 11.3 Å². The molecule has 1 saturated carbocycles. The Balaban J connectivity index is 0.00000387. The van der Waals surface area contributed by atoms with Gasteiger partial charge in [0.2, 0.25) is 0 Å². The highest BCUT2D eigenvalue weighted by molar-refractivity contribution is 5.94. The molecule has 3 aliphatic rings. The number of amides is 1. The van der Waals surface area contributed by atoms with Gasteiger partial charge in [-0.3, -0.25) is 19.2 Å². The maximum Gasteiger partial charge on any atom is 0.417 e. The number of benzene rings is 1. The average Bonchev–Trinajstić information content (AvgIpc) is 3.60. The number of fused-ring (bicyclic) bond motifs is 2. The van der Waals surface area contributed by atoms with Gasteiger partial charge in [0.05, 0.1) is 23.7 Å². The van der Waals surface area contributed by atoms with Crippen molar-refractivity contribution in [3.8, 4) is 11.3 Å². The van der Waals surface area contributed by atoms with Crippen LogP contribution in [-0.4, -0.2) is 62.3 Å². The summed E-state index contributed by atoms with van der Waals surface area (Å²) in [6, 6.07) is 5.01. The van der Waals surface area contributed by atoms with E-state index in [9.17, 15) is 36.6 Å². The Labute approximate surface area is 240 Å². The van der Waals surface area contributed by atoms with Crippen LogP contribution in [0.4, 0.5) is 22.0 Å². The number of halogens is 6. The Bertz CT molecular complexity index is 1230. The number of alkyl halides is 5. The van der Waals surface area contributed by atoms with E-state index in [-0.39, 0.29) is 73.2 Å². The first-order valence-corrected chi connectivity index (χ1v) is 13.8. The van der Waals surface area contributed by atoms with E-state index in [1.165, 1.54) is 28.9 Å². The molecule has 3 heterocycles. The molecule has 7 nitrogen and oxygen atoms in total. The quantitative estimate of drug-likeness (QED) is 0.327. The zero-order valence-electron chi connectivity index (χ0n) is 22.4. The summed E-state index contributed by atoms with van der Waals surface area (Å²) in [6.07, 6.45) is -0.606. The van der Waals surface area contributed by atoms with Gasteiger partial charge >= 0.3 is 12.1 Å². The van der Waals surface area contributed by atoms with Crippen LogP contribution in [0.3, 0.4) is 0 Å². The number of hydrogen-bond acceptors (Lipinski definition) is 4. The van der Waals surface area contributed by atoms with Gasteiger partial charge in [-0.15, -0.1) is 12.4 Å². The van der Waals surface area contributed by atoms with Gasteiger partial charge in [-0.25, -0.2) is 8.78 Å². The molecule has 3 atom stereocenters. The number of carbonyl (C=O) groups excluding carboxylic acids is 1. The minimum atomic E-state index is -4.60. The van der Waals surface area contributed by atoms with Crippen molar-refractivity contribution in [2.45, 2.75) is 100 Å². The molecule has 2 unspecified atom stereocenters. The average molecular weight is 605 g/mol. The molecule has 0 spiro atoms. The first-order valence-electron chi connectivity index (χ1n) is 13.8. The summed E-state index contributed by atoms with van der Waals surface area (Å²) in [6.45, 7) is 0.365. The molecule has 2 N–H and O–H groups in total. The highest BCUT2D eigenvalue weighted by Gasteiger charge is 2.49. The fourth-order valence-corrected chi connectivity index (χ4v) is 6.68. The fourth-order valence-electron chi connectivity index (χ4n) is 6.68. The van der Waals surface area contributed by atoms with Crippen molar-refractivity contribution >= 4 is 24.3 Å². The topological polar surface area (TPSA) is 87.5 Å². The molecule has 2 bridgehead atoms. The van der Waals surface area contributed by atoms with Crippen molar-refractivity contribution < 1.29 is 36.6 Å². The normalized spacial score (nSPS) is 23.2. The lowest BCUT2D eigenvalue weighted by molar-refractivity contribution is -0.138. The lowest BCUT2D eigenvalue weighted by Gasteiger charge is -2.39. The monoisotopic (exact) mass is 604 g/mol. The zero-order chi connectivity index (χ0) is 28.7. The number of nitrogens with zero attached hydrogens (tertiary/aromatic N) is 3. The van der Waals surface area contributed by atoms with Crippen LogP contribution in [0, 0.1) is 0 Å². The van der Waals surface area contributed by atoms with Gasteiger partial charge in [0.15, 0.2) is 5.69 Å². The molecular weight excluding hydrogens is 571 g/mol. The predicted molar refractivity (Wildman–Crippen MR) is 143 cm³/mol. The number of hydrogen-bond donors (Lipinski definition) is 2. The summed E-state index contributed by atoms with van der Waals surface area (Å²) in [7, 11) is 0. The second kappa shape index (κ2) is 12.2. The van der Waals surface area contributed by atoms with Gasteiger partial charge in [-0.1, -0.05) is 31.0 Å². The van der Waals surface area contributed by atoms with Crippen molar-refractivity contribution in [1.29, 1.82) is 0 Å².